The van der Waals surface area contributed by atoms with Gasteiger partial charge in [-0.2, -0.15) is 9.57 Å². The minimum atomic E-state index is -3.77. The van der Waals surface area contributed by atoms with E-state index >= 15 is 0 Å². The van der Waals surface area contributed by atoms with Gasteiger partial charge in [0.05, 0.1) is 16.5 Å². The first-order valence-electron chi connectivity index (χ1n) is 9.06. The zero-order valence-electron chi connectivity index (χ0n) is 16.2. The fourth-order valence-electron chi connectivity index (χ4n) is 3.18. The second-order valence-electron chi connectivity index (χ2n) is 7.75. The number of nitrogens with zero attached hydrogens (tertiary/aromatic N) is 2. The molecule has 1 aliphatic rings. The van der Waals surface area contributed by atoms with Gasteiger partial charge < -0.3 is 10.1 Å². The normalized spacial score (nSPS) is 19.7. The van der Waals surface area contributed by atoms with E-state index in [1.807, 2.05) is 6.07 Å². The number of rotatable bonds is 4. The minimum Gasteiger partial charge on any atom is -0.444 e. The van der Waals surface area contributed by atoms with Gasteiger partial charge >= 0.3 is 6.09 Å². The molecule has 1 saturated heterocycles. The van der Waals surface area contributed by atoms with Gasteiger partial charge in [-0.05, 0) is 58.7 Å². The highest BCUT2D eigenvalue weighted by molar-refractivity contribution is 7.89. The van der Waals surface area contributed by atoms with Crippen LogP contribution in [-0.2, 0) is 14.8 Å². The molecular formula is C19H27N3O4S. The van der Waals surface area contributed by atoms with Crippen LogP contribution in [0.2, 0.25) is 0 Å². The summed E-state index contributed by atoms with van der Waals surface area (Å²) in [6.45, 7) is 7.49. The SMILES string of the molecule is C[C@@H](NC(=O)OC(C)(C)C)[C@H]1CCCCN1S(=O)(=O)c1cccc(C#N)c1. The Bertz CT molecular complexity index is 824. The summed E-state index contributed by atoms with van der Waals surface area (Å²) in [6.07, 6.45) is 1.72. The zero-order chi connectivity index (χ0) is 20.2. The third kappa shape index (κ3) is 5.44. The summed E-state index contributed by atoms with van der Waals surface area (Å²) in [5.74, 6) is 0. The largest absolute Gasteiger partial charge is 0.444 e. The van der Waals surface area contributed by atoms with E-state index in [2.05, 4.69) is 5.32 Å². The number of carbonyl (C=O) groups is 1. The Hall–Kier alpha value is -2.11. The van der Waals surface area contributed by atoms with Crippen LogP contribution in [0.15, 0.2) is 29.2 Å². The Morgan fingerprint density at radius 3 is 2.70 bits per heavy atom. The van der Waals surface area contributed by atoms with Gasteiger partial charge in [0.1, 0.15) is 5.60 Å². The summed E-state index contributed by atoms with van der Waals surface area (Å²) in [5, 5.41) is 11.8. The highest BCUT2D eigenvalue weighted by atomic mass is 32.2. The molecule has 0 aromatic heterocycles. The molecule has 7 nitrogen and oxygen atoms in total. The number of sulfonamides is 1. The Balaban J connectivity index is 2.23. The highest BCUT2D eigenvalue weighted by Crippen LogP contribution is 2.27. The molecule has 2 rings (SSSR count). The summed E-state index contributed by atoms with van der Waals surface area (Å²) in [7, 11) is -3.77. The molecule has 0 radical (unpaired) electrons. The predicted molar refractivity (Wildman–Crippen MR) is 102 cm³/mol. The lowest BCUT2D eigenvalue weighted by Gasteiger charge is -2.38. The van der Waals surface area contributed by atoms with Crippen molar-refractivity contribution >= 4 is 16.1 Å². The monoisotopic (exact) mass is 393 g/mol. The van der Waals surface area contributed by atoms with Gasteiger partial charge in [-0.25, -0.2) is 13.2 Å². The van der Waals surface area contributed by atoms with Crippen molar-refractivity contribution in [3.63, 3.8) is 0 Å². The Kier molecular flexibility index (Phi) is 6.50. The molecule has 1 N–H and O–H groups in total. The number of ether oxygens (including phenoxy) is 1. The van der Waals surface area contributed by atoms with Crippen molar-refractivity contribution in [3.05, 3.63) is 29.8 Å². The van der Waals surface area contributed by atoms with E-state index in [0.717, 1.165) is 12.8 Å². The standard InChI is InChI=1S/C19H27N3O4S/c1-14(21-18(23)26-19(2,3)4)17-10-5-6-11-22(17)27(24,25)16-9-7-8-15(12-16)13-20/h7-9,12,14,17H,5-6,10-11H2,1-4H3,(H,21,23)/t14-,17-/m1/s1. The first kappa shape index (κ1) is 21.2. The molecule has 0 spiro atoms. The second kappa shape index (κ2) is 8.28. The third-order valence-corrected chi connectivity index (χ3v) is 6.31. The van der Waals surface area contributed by atoms with Crippen LogP contribution in [-0.4, -0.2) is 43.0 Å². The number of alkyl carbamates (subject to hydrolysis) is 1. The minimum absolute atomic E-state index is 0.0953. The van der Waals surface area contributed by atoms with Crippen LogP contribution in [0.25, 0.3) is 0 Å². The summed E-state index contributed by atoms with van der Waals surface area (Å²) < 4.78 is 33.0. The molecule has 0 unspecified atom stereocenters. The Morgan fingerprint density at radius 1 is 1.37 bits per heavy atom. The fraction of sp³-hybridized carbons (Fsp3) is 0.579. The van der Waals surface area contributed by atoms with Gasteiger partial charge in [0, 0.05) is 18.6 Å². The summed E-state index contributed by atoms with van der Waals surface area (Å²) in [4.78, 5) is 12.2. The maximum Gasteiger partial charge on any atom is 0.407 e. The molecule has 1 aromatic carbocycles. The van der Waals surface area contributed by atoms with E-state index in [1.54, 1.807) is 39.8 Å². The molecule has 1 aromatic rings. The van der Waals surface area contributed by atoms with Crippen molar-refractivity contribution in [3.8, 4) is 6.07 Å². The molecule has 8 heteroatoms. The molecule has 148 valence electrons. The second-order valence-corrected chi connectivity index (χ2v) is 9.64. The van der Waals surface area contributed by atoms with Crippen LogP contribution in [0.1, 0.15) is 52.5 Å². The van der Waals surface area contributed by atoms with Crippen molar-refractivity contribution in [1.82, 2.24) is 9.62 Å². The number of hydrogen-bond acceptors (Lipinski definition) is 5. The van der Waals surface area contributed by atoms with Crippen LogP contribution in [0, 0.1) is 11.3 Å². The van der Waals surface area contributed by atoms with E-state index < -0.39 is 27.8 Å². The zero-order valence-corrected chi connectivity index (χ0v) is 17.0. The molecule has 0 saturated carbocycles. The van der Waals surface area contributed by atoms with E-state index in [1.165, 1.54) is 16.4 Å². The number of hydrogen-bond donors (Lipinski definition) is 1. The van der Waals surface area contributed by atoms with Crippen molar-refractivity contribution in [1.29, 1.82) is 5.26 Å². The van der Waals surface area contributed by atoms with Crippen LogP contribution >= 0.6 is 0 Å². The van der Waals surface area contributed by atoms with Crippen LogP contribution < -0.4 is 5.32 Å². The van der Waals surface area contributed by atoms with Gasteiger partial charge in [-0.15, -0.1) is 0 Å². The lowest BCUT2D eigenvalue weighted by molar-refractivity contribution is 0.0478. The number of nitriles is 1. The van der Waals surface area contributed by atoms with E-state index in [-0.39, 0.29) is 10.9 Å². The van der Waals surface area contributed by atoms with Crippen molar-refractivity contribution in [2.75, 3.05) is 6.54 Å². The molecule has 1 aliphatic heterocycles. The number of amides is 1. The van der Waals surface area contributed by atoms with Crippen LogP contribution in [0.3, 0.4) is 0 Å². The lowest BCUT2D eigenvalue weighted by Crippen LogP contribution is -2.54. The molecule has 2 atom stereocenters. The first-order valence-corrected chi connectivity index (χ1v) is 10.5. The van der Waals surface area contributed by atoms with Gasteiger partial charge in [0.2, 0.25) is 10.0 Å². The fourth-order valence-corrected chi connectivity index (χ4v) is 4.99. The number of carbonyl (C=O) groups excluding carboxylic acids is 1. The van der Waals surface area contributed by atoms with Crippen molar-refractivity contribution in [2.24, 2.45) is 0 Å². The smallest absolute Gasteiger partial charge is 0.407 e. The summed E-state index contributed by atoms with van der Waals surface area (Å²) in [5.41, 5.74) is -0.329. The quantitative estimate of drug-likeness (QED) is 0.848. The average Bonchev–Trinajstić information content (AvgIpc) is 2.60. The maximum atomic E-state index is 13.2. The van der Waals surface area contributed by atoms with E-state index in [0.29, 0.717) is 18.5 Å². The van der Waals surface area contributed by atoms with Gasteiger partial charge in [0.25, 0.3) is 0 Å². The molecule has 1 heterocycles. The average molecular weight is 394 g/mol. The van der Waals surface area contributed by atoms with Crippen molar-refractivity contribution in [2.45, 2.75) is 69.5 Å². The Morgan fingerprint density at radius 2 is 2.07 bits per heavy atom. The van der Waals surface area contributed by atoms with Crippen LogP contribution in [0.5, 0.6) is 0 Å². The van der Waals surface area contributed by atoms with Crippen molar-refractivity contribution < 1.29 is 17.9 Å². The lowest BCUT2D eigenvalue weighted by atomic mass is 9.99. The highest BCUT2D eigenvalue weighted by Gasteiger charge is 2.37. The Labute approximate surface area is 161 Å². The third-order valence-electron chi connectivity index (χ3n) is 4.39. The summed E-state index contributed by atoms with van der Waals surface area (Å²) >= 11 is 0. The number of benzene rings is 1. The number of nitrogens with one attached hydrogen (secondary N) is 1. The molecule has 1 fully saturated rings. The summed E-state index contributed by atoms with van der Waals surface area (Å²) in [6, 6.07) is 7.19. The predicted octanol–water partition coefficient (Wildman–Crippen LogP) is 3.01. The first-order chi connectivity index (χ1) is 12.5. The molecule has 1 amide bonds. The number of piperidine rings is 1. The van der Waals surface area contributed by atoms with E-state index in [9.17, 15) is 13.2 Å². The van der Waals surface area contributed by atoms with Crippen LogP contribution in [0.4, 0.5) is 4.79 Å². The van der Waals surface area contributed by atoms with Gasteiger partial charge in [0.15, 0.2) is 0 Å². The van der Waals surface area contributed by atoms with E-state index in [4.69, 9.17) is 10.00 Å². The van der Waals surface area contributed by atoms with Gasteiger partial charge in [-0.3, -0.25) is 0 Å². The molecule has 0 aliphatic carbocycles. The van der Waals surface area contributed by atoms with Gasteiger partial charge in [-0.1, -0.05) is 12.5 Å². The molecular weight excluding hydrogens is 366 g/mol. The molecule has 27 heavy (non-hydrogen) atoms. The molecule has 0 bridgehead atoms. The maximum absolute atomic E-state index is 13.2. The topological polar surface area (TPSA) is 99.5 Å².